The lowest BCUT2D eigenvalue weighted by atomic mass is 10.2. The van der Waals surface area contributed by atoms with Crippen molar-refractivity contribution >= 4 is 34.9 Å². The van der Waals surface area contributed by atoms with Crippen LogP contribution in [0.25, 0.3) is 0 Å². The number of urea groups is 1. The maximum Gasteiger partial charge on any atom is 0.322 e. The van der Waals surface area contributed by atoms with Gasteiger partial charge in [-0.15, -0.1) is 0 Å². The van der Waals surface area contributed by atoms with Crippen molar-refractivity contribution in [3.63, 3.8) is 0 Å². The number of ether oxygens (including phenoxy) is 2. The molecule has 0 fully saturated rings. The number of hydrogen-bond donors (Lipinski definition) is 1. The van der Waals surface area contributed by atoms with Crippen molar-refractivity contribution in [2.75, 3.05) is 12.1 Å². The standard InChI is InChI=1S/C20H16Cl2N2O4/c21-16-5-4-14(9-17(16)22)23-20(25)24(11-15-2-1-7-26-15)10-13-3-6-18-19(8-13)28-12-27-18/h1-9H,10-12H2,(H,23,25). The molecule has 3 aromatic rings. The molecule has 144 valence electrons. The van der Waals surface area contributed by atoms with Gasteiger partial charge in [-0.25, -0.2) is 4.79 Å². The Kier molecular flexibility index (Phi) is 5.32. The summed E-state index contributed by atoms with van der Waals surface area (Å²) < 4.78 is 16.2. The van der Waals surface area contributed by atoms with Gasteiger partial charge in [-0.1, -0.05) is 29.3 Å². The third-order valence-corrected chi connectivity index (χ3v) is 4.93. The number of furan rings is 1. The molecule has 2 amide bonds. The third-order valence-electron chi connectivity index (χ3n) is 4.20. The SMILES string of the molecule is O=C(Nc1ccc(Cl)c(Cl)c1)N(Cc1ccc2c(c1)OCO2)Cc1ccco1. The van der Waals surface area contributed by atoms with Crippen molar-refractivity contribution in [1.82, 2.24) is 4.90 Å². The van der Waals surface area contributed by atoms with E-state index in [0.717, 1.165) is 5.56 Å². The Labute approximate surface area is 171 Å². The average molecular weight is 419 g/mol. The predicted octanol–water partition coefficient (Wildman–Crippen LogP) is 5.55. The lowest BCUT2D eigenvalue weighted by Gasteiger charge is -2.22. The topological polar surface area (TPSA) is 63.9 Å². The van der Waals surface area contributed by atoms with Gasteiger partial charge in [0.25, 0.3) is 0 Å². The van der Waals surface area contributed by atoms with Gasteiger partial charge in [0.2, 0.25) is 6.79 Å². The Morgan fingerprint density at radius 2 is 1.86 bits per heavy atom. The molecular formula is C20H16Cl2N2O4. The maximum absolute atomic E-state index is 12.9. The number of nitrogens with one attached hydrogen (secondary N) is 1. The zero-order chi connectivity index (χ0) is 19.5. The minimum absolute atomic E-state index is 0.201. The fraction of sp³-hybridized carbons (Fsp3) is 0.150. The van der Waals surface area contributed by atoms with Gasteiger partial charge in [-0.2, -0.15) is 0 Å². The summed E-state index contributed by atoms with van der Waals surface area (Å²) in [4.78, 5) is 14.5. The molecule has 0 saturated heterocycles. The van der Waals surface area contributed by atoms with Gasteiger partial charge in [-0.3, -0.25) is 0 Å². The van der Waals surface area contributed by atoms with Gasteiger partial charge >= 0.3 is 6.03 Å². The molecule has 0 radical (unpaired) electrons. The number of carbonyl (C=O) groups excluding carboxylic acids is 1. The average Bonchev–Trinajstić information content (AvgIpc) is 3.35. The Morgan fingerprint density at radius 1 is 1.00 bits per heavy atom. The van der Waals surface area contributed by atoms with Crippen LogP contribution in [-0.2, 0) is 13.1 Å². The number of carbonyl (C=O) groups is 1. The summed E-state index contributed by atoms with van der Waals surface area (Å²) >= 11 is 12.0. The number of rotatable bonds is 5. The minimum atomic E-state index is -0.299. The molecule has 4 rings (SSSR count). The van der Waals surface area contributed by atoms with E-state index in [1.54, 1.807) is 35.4 Å². The molecule has 1 N–H and O–H groups in total. The summed E-state index contributed by atoms with van der Waals surface area (Å²) in [6.07, 6.45) is 1.57. The fourth-order valence-electron chi connectivity index (χ4n) is 2.83. The molecule has 28 heavy (non-hydrogen) atoms. The van der Waals surface area contributed by atoms with E-state index in [1.807, 2.05) is 24.3 Å². The number of nitrogens with zero attached hydrogens (tertiary/aromatic N) is 1. The van der Waals surface area contributed by atoms with E-state index in [2.05, 4.69) is 5.32 Å². The Balaban J connectivity index is 1.54. The first-order valence-electron chi connectivity index (χ1n) is 8.50. The third kappa shape index (κ3) is 4.18. The Bertz CT molecular complexity index is 992. The van der Waals surface area contributed by atoms with Crippen molar-refractivity contribution in [3.05, 3.63) is 76.2 Å². The number of anilines is 1. The summed E-state index contributed by atoms with van der Waals surface area (Å²) in [7, 11) is 0. The van der Waals surface area contributed by atoms with Gasteiger partial charge in [0, 0.05) is 12.2 Å². The van der Waals surface area contributed by atoms with Crippen molar-refractivity contribution in [1.29, 1.82) is 0 Å². The summed E-state index contributed by atoms with van der Waals surface area (Å²) in [6.45, 7) is 0.853. The maximum atomic E-state index is 12.9. The molecule has 0 unspecified atom stereocenters. The van der Waals surface area contributed by atoms with Gasteiger partial charge in [-0.05, 0) is 48.0 Å². The molecular weight excluding hydrogens is 403 g/mol. The first-order valence-corrected chi connectivity index (χ1v) is 9.26. The van der Waals surface area contributed by atoms with Gasteiger partial charge in [0.05, 0.1) is 22.9 Å². The fourth-order valence-corrected chi connectivity index (χ4v) is 3.12. The van der Waals surface area contributed by atoms with Gasteiger partial charge in [0.1, 0.15) is 5.76 Å². The van der Waals surface area contributed by atoms with Crippen LogP contribution in [0.2, 0.25) is 10.0 Å². The summed E-state index contributed by atoms with van der Waals surface area (Å²) in [5, 5.41) is 3.63. The largest absolute Gasteiger partial charge is 0.467 e. The summed E-state index contributed by atoms with van der Waals surface area (Å²) in [6, 6.07) is 13.8. The van der Waals surface area contributed by atoms with Crippen LogP contribution in [0.15, 0.2) is 59.2 Å². The Morgan fingerprint density at radius 3 is 2.64 bits per heavy atom. The number of fused-ring (bicyclic) bond motifs is 1. The molecule has 0 atom stereocenters. The molecule has 1 aliphatic heterocycles. The molecule has 1 aromatic heterocycles. The van der Waals surface area contributed by atoms with Crippen LogP contribution in [0.5, 0.6) is 11.5 Å². The number of halogens is 2. The first-order chi connectivity index (χ1) is 13.6. The zero-order valence-corrected chi connectivity index (χ0v) is 16.2. The van der Waals surface area contributed by atoms with Gasteiger partial charge < -0.3 is 24.1 Å². The smallest absolute Gasteiger partial charge is 0.322 e. The van der Waals surface area contributed by atoms with Crippen LogP contribution in [0, 0.1) is 0 Å². The highest BCUT2D eigenvalue weighted by atomic mass is 35.5. The highest BCUT2D eigenvalue weighted by Crippen LogP contribution is 2.33. The van der Waals surface area contributed by atoms with E-state index < -0.39 is 0 Å². The second-order valence-electron chi connectivity index (χ2n) is 6.18. The van der Waals surface area contributed by atoms with E-state index >= 15 is 0 Å². The lowest BCUT2D eigenvalue weighted by Crippen LogP contribution is -2.34. The highest BCUT2D eigenvalue weighted by Gasteiger charge is 2.19. The first kappa shape index (κ1) is 18.5. The molecule has 6 nitrogen and oxygen atoms in total. The highest BCUT2D eigenvalue weighted by molar-refractivity contribution is 6.42. The molecule has 0 saturated carbocycles. The molecule has 0 aliphatic carbocycles. The predicted molar refractivity (Wildman–Crippen MR) is 106 cm³/mol. The summed E-state index contributed by atoms with van der Waals surface area (Å²) in [5.74, 6) is 2.03. The quantitative estimate of drug-likeness (QED) is 0.589. The van der Waals surface area contributed by atoms with Crippen molar-refractivity contribution in [2.45, 2.75) is 13.1 Å². The van der Waals surface area contributed by atoms with Gasteiger partial charge in [0.15, 0.2) is 11.5 Å². The lowest BCUT2D eigenvalue weighted by molar-refractivity contribution is 0.174. The van der Waals surface area contributed by atoms with Crippen molar-refractivity contribution < 1.29 is 18.7 Å². The number of amides is 2. The monoisotopic (exact) mass is 418 g/mol. The normalized spacial score (nSPS) is 12.1. The van der Waals surface area contributed by atoms with Crippen molar-refractivity contribution in [2.24, 2.45) is 0 Å². The van der Waals surface area contributed by atoms with Crippen LogP contribution in [0.4, 0.5) is 10.5 Å². The van der Waals surface area contributed by atoms with E-state index in [4.69, 9.17) is 37.1 Å². The molecule has 2 heterocycles. The van der Waals surface area contributed by atoms with E-state index in [1.165, 1.54) is 0 Å². The van der Waals surface area contributed by atoms with Crippen LogP contribution in [0.1, 0.15) is 11.3 Å². The van der Waals surface area contributed by atoms with Crippen molar-refractivity contribution in [3.8, 4) is 11.5 Å². The summed E-state index contributed by atoms with van der Waals surface area (Å²) in [5.41, 5.74) is 1.45. The molecule has 2 aromatic carbocycles. The molecule has 0 spiro atoms. The van der Waals surface area contributed by atoms with Crippen LogP contribution < -0.4 is 14.8 Å². The van der Waals surface area contributed by atoms with Crippen LogP contribution in [0.3, 0.4) is 0 Å². The minimum Gasteiger partial charge on any atom is -0.467 e. The number of benzene rings is 2. The van der Waals surface area contributed by atoms with Crippen LogP contribution in [-0.4, -0.2) is 17.7 Å². The van der Waals surface area contributed by atoms with E-state index in [-0.39, 0.29) is 12.8 Å². The molecule has 8 heteroatoms. The van der Waals surface area contributed by atoms with Crippen LogP contribution >= 0.6 is 23.2 Å². The number of hydrogen-bond acceptors (Lipinski definition) is 4. The zero-order valence-electron chi connectivity index (χ0n) is 14.7. The second-order valence-corrected chi connectivity index (χ2v) is 7.00. The second kappa shape index (κ2) is 8.04. The Hall–Kier alpha value is -2.83. The molecule has 0 bridgehead atoms. The van der Waals surface area contributed by atoms with E-state index in [0.29, 0.717) is 46.1 Å². The van der Waals surface area contributed by atoms with E-state index in [9.17, 15) is 4.79 Å². The molecule has 1 aliphatic rings.